The molecule has 4 atom stereocenters. The number of nitrogens with zero attached hydrogens (tertiary/aromatic N) is 4. The van der Waals surface area contributed by atoms with Gasteiger partial charge in [-0.2, -0.15) is 8.42 Å². The zero-order chi connectivity index (χ0) is 20.5. The van der Waals surface area contributed by atoms with Crippen LogP contribution in [-0.2, 0) is 24.0 Å². The first-order valence-electron chi connectivity index (χ1n) is 8.08. The highest BCUT2D eigenvalue weighted by Gasteiger charge is 2.45. The summed E-state index contributed by atoms with van der Waals surface area (Å²) in [4.78, 5) is 23.2. The van der Waals surface area contributed by atoms with E-state index >= 15 is 0 Å². The Balaban J connectivity index is 1.70. The molecule has 7 N–H and O–H groups in total. The number of carbonyl (C=O) groups is 1. The van der Waals surface area contributed by atoms with Crippen LogP contribution >= 0.6 is 0 Å². The van der Waals surface area contributed by atoms with E-state index in [-0.39, 0.29) is 29.9 Å². The fourth-order valence-electron chi connectivity index (χ4n) is 2.66. The van der Waals surface area contributed by atoms with Crippen molar-refractivity contribution in [2.75, 3.05) is 18.9 Å². The molecule has 1 aliphatic heterocycles. The van der Waals surface area contributed by atoms with Gasteiger partial charge in [-0.05, 0) is 0 Å². The summed E-state index contributed by atoms with van der Waals surface area (Å²) in [6.07, 6.45) is -2.96. The number of ether oxygens (including phenoxy) is 1. The fourth-order valence-corrected chi connectivity index (χ4v) is 3.41. The molecule has 154 valence electrons. The number of hydrogen-bond acceptors (Lipinski definition) is 12. The van der Waals surface area contributed by atoms with E-state index in [0.29, 0.717) is 0 Å². The van der Waals surface area contributed by atoms with Gasteiger partial charge in [-0.15, -0.1) is 0 Å². The smallest absolute Gasteiger partial charge is 0.362 e. The molecule has 2 aromatic rings. The first-order chi connectivity index (χ1) is 13.2. The number of aromatic nitrogens is 4. The molecule has 0 radical (unpaired) electrons. The quantitative estimate of drug-likeness (QED) is 0.300. The third kappa shape index (κ3) is 4.03. The van der Waals surface area contributed by atoms with E-state index in [4.69, 9.17) is 16.2 Å². The molecule has 1 fully saturated rings. The second kappa shape index (κ2) is 7.90. The van der Waals surface area contributed by atoms with Gasteiger partial charge in [0.25, 0.3) is 0 Å². The molecular weight excluding hydrogens is 398 g/mol. The minimum Gasteiger partial charge on any atom is -0.387 e. The second-order valence-corrected chi connectivity index (χ2v) is 7.28. The Hall–Kier alpha value is -2.43. The van der Waals surface area contributed by atoms with Gasteiger partial charge in [0.05, 0.1) is 12.9 Å². The van der Waals surface area contributed by atoms with Crippen LogP contribution in [0.4, 0.5) is 5.82 Å². The Labute approximate surface area is 158 Å². The molecule has 0 spiro atoms. The molecule has 3 heterocycles. The molecule has 1 amide bonds. The van der Waals surface area contributed by atoms with Crippen LogP contribution in [0.3, 0.4) is 0 Å². The highest BCUT2D eigenvalue weighted by Crippen LogP contribution is 2.32. The maximum Gasteiger partial charge on any atom is 0.362 e. The SMILES string of the molecule is NCCC(=O)NS(=O)(=O)OC[C@H]1O[C@@H](n2cnc3c(N)ncnc32)[C@H](O)[C@@H]1O. The predicted molar refractivity (Wildman–Crippen MR) is 92.3 cm³/mol. The first-order valence-corrected chi connectivity index (χ1v) is 9.49. The lowest BCUT2D eigenvalue weighted by atomic mass is 10.1. The number of fused-ring (bicyclic) bond motifs is 1. The monoisotopic (exact) mass is 417 g/mol. The average Bonchev–Trinajstić information content (AvgIpc) is 3.16. The Morgan fingerprint density at radius 3 is 2.79 bits per heavy atom. The number of nitrogen functional groups attached to an aromatic ring is 1. The Bertz CT molecular complexity index is 965. The number of anilines is 1. The largest absolute Gasteiger partial charge is 0.387 e. The molecular formula is C13H19N7O7S. The molecule has 0 aliphatic carbocycles. The lowest BCUT2D eigenvalue weighted by Crippen LogP contribution is -2.38. The maximum absolute atomic E-state index is 11.7. The number of rotatable bonds is 7. The van der Waals surface area contributed by atoms with Crippen molar-refractivity contribution in [1.29, 1.82) is 0 Å². The molecule has 1 aliphatic rings. The molecule has 0 unspecified atom stereocenters. The number of hydrogen-bond donors (Lipinski definition) is 5. The van der Waals surface area contributed by atoms with E-state index in [1.54, 1.807) is 4.72 Å². The van der Waals surface area contributed by atoms with Crippen molar-refractivity contribution in [3.8, 4) is 0 Å². The van der Waals surface area contributed by atoms with E-state index in [1.165, 1.54) is 17.2 Å². The third-order valence-electron chi connectivity index (χ3n) is 4.00. The Kier molecular flexibility index (Phi) is 5.73. The number of aliphatic hydroxyl groups excluding tert-OH is 2. The normalized spacial score (nSPS) is 25.2. The van der Waals surface area contributed by atoms with Gasteiger partial charge >= 0.3 is 10.3 Å². The zero-order valence-corrected chi connectivity index (χ0v) is 15.2. The standard InChI is InChI=1S/C13H19N7O7S/c14-2-1-7(21)19-28(24,25)26-3-6-9(22)10(23)13(27-6)20-5-18-8-11(15)16-4-17-12(8)20/h4-6,9-10,13,22-23H,1-3,14H2,(H,19,21)(H2,15,16,17)/t6-,9-,10-,13-/m1/s1. The molecule has 0 aromatic carbocycles. The van der Waals surface area contributed by atoms with Crippen molar-refractivity contribution >= 4 is 33.2 Å². The lowest BCUT2D eigenvalue weighted by molar-refractivity contribution is -0.119. The van der Waals surface area contributed by atoms with Crippen LogP contribution in [0.1, 0.15) is 12.6 Å². The number of amides is 1. The van der Waals surface area contributed by atoms with E-state index in [0.717, 1.165) is 0 Å². The van der Waals surface area contributed by atoms with E-state index < -0.39 is 47.4 Å². The van der Waals surface area contributed by atoms with Gasteiger partial charge in [-0.3, -0.25) is 13.5 Å². The highest BCUT2D eigenvalue weighted by atomic mass is 32.2. The number of imidazole rings is 1. The summed E-state index contributed by atoms with van der Waals surface area (Å²) < 4.78 is 36.7. The van der Waals surface area contributed by atoms with Crippen molar-refractivity contribution in [3.63, 3.8) is 0 Å². The van der Waals surface area contributed by atoms with Gasteiger partial charge in [-0.25, -0.2) is 19.7 Å². The maximum atomic E-state index is 11.7. The van der Waals surface area contributed by atoms with Gasteiger partial charge in [0.15, 0.2) is 17.7 Å². The van der Waals surface area contributed by atoms with Gasteiger partial charge in [0, 0.05) is 13.0 Å². The lowest BCUT2D eigenvalue weighted by Gasteiger charge is -2.16. The summed E-state index contributed by atoms with van der Waals surface area (Å²) in [5.41, 5.74) is 11.4. The van der Waals surface area contributed by atoms with Crippen LogP contribution in [-0.4, -0.2) is 75.5 Å². The number of nitrogens with one attached hydrogen (secondary N) is 1. The minimum absolute atomic E-state index is 0.0351. The summed E-state index contributed by atoms with van der Waals surface area (Å²) in [6, 6.07) is 0. The Morgan fingerprint density at radius 1 is 1.32 bits per heavy atom. The summed E-state index contributed by atoms with van der Waals surface area (Å²) in [5.74, 6) is -0.716. The molecule has 3 rings (SSSR count). The molecule has 0 bridgehead atoms. The number of aliphatic hydroxyl groups is 2. The van der Waals surface area contributed by atoms with Crippen LogP contribution in [0.2, 0.25) is 0 Å². The minimum atomic E-state index is -4.43. The molecule has 0 saturated carbocycles. The molecule has 28 heavy (non-hydrogen) atoms. The van der Waals surface area contributed by atoms with Crippen LogP contribution < -0.4 is 16.2 Å². The molecule has 15 heteroatoms. The summed E-state index contributed by atoms with van der Waals surface area (Å²) >= 11 is 0. The first kappa shape index (κ1) is 20.3. The van der Waals surface area contributed by atoms with Crippen molar-refractivity contribution in [1.82, 2.24) is 24.2 Å². The van der Waals surface area contributed by atoms with Gasteiger partial charge in [0.2, 0.25) is 5.91 Å². The van der Waals surface area contributed by atoms with Crippen LogP contribution in [0.5, 0.6) is 0 Å². The Morgan fingerprint density at radius 2 is 2.07 bits per heavy atom. The van der Waals surface area contributed by atoms with E-state index in [2.05, 4.69) is 19.1 Å². The van der Waals surface area contributed by atoms with Gasteiger partial charge in [-0.1, -0.05) is 0 Å². The van der Waals surface area contributed by atoms with Crippen molar-refractivity contribution in [2.24, 2.45) is 5.73 Å². The average molecular weight is 417 g/mol. The summed E-state index contributed by atoms with van der Waals surface area (Å²) in [6.45, 7) is -0.684. The predicted octanol–water partition coefficient (Wildman–Crippen LogP) is -3.25. The molecule has 1 saturated heterocycles. The second-order valence-electron chi connectivity index (χ2n) is 5.93. The van der Waals surface area contributed by atoms with E-state index in [9.17, 15) is 23.4 Å². The highest BCUT2D eigenvalue weighted by molar-refractivity contribution is 7.85. The van der Waals surface area contributed by atoms with Crippen LogP contribution in [0, 0.1) is 0 Å². The van der Waals surface area contributed by atoms with Crippen molar-refractivity contribution < 1.29 is 32.3 Å². The molecule has 2 aromatic heterocycles. The summed E-state index contributed by atoms with van der Waals surface area (Å²) in [5, 5.41) is 20.5. The van der Waals surface area contributed by atoms with E-state index in [1.807, 2.05) is 0 Å². The van der Waals surface area contributed by atoms with Gasteiger partial charge < -0.3 is 26.4 Å². The topological polar surface area (TPSA) is 218 Å². The number of nitrogens with two attached hydrogens (primary N) is 2. The van der Waals surface area contributed by atoms with Crippen molar-refractivity contribution in [2.45, 2.75) is 31.0 Å². The third-order valence-corrected chi connectivity index (χ3v) is 4.92. The van der Waals surface area contributed by atoms with Crippen molar-refractivity contribution in [3.05, 3.63) is 12.7 Å². The van der Waals surface area contributed by atoms with Crippen LogP contribution in [0.15, 0.2) is 12.7 Å². The van der Waals surface area contributed by atoms with Gasteiger partial charge in [0.1, 0.15) is 30.2 Å². The molecule has 14 nitrogen and oxygen atoms in total. The van der Waals surface area contributed by atoms with Crippen LogP contribution in [0.25, 0.3) is 11.2 Å². The summed E-state index contributed by atoms with van der Waals surface area (Å²) in [7, 11) is -4.43. The number of carbonyl (C=O) groups excluding carboxylic acids is 1. The zero-order valence-electron chi connectivity index (χ0n) is 14.4. The fraction of sp³-hybridized carbons (Fsp3) is 0.538.